The molecule has 0 radical (unpaired) electrons. The number of carbonyl (C=O) groups is 2. The molecule has 0 saturated heterocycles. The summed E-state index contributed by atoms with van der Waals surface area (Å²) in [6, 6.07) is 8.25. The van der Waals surface area contributed by atoms with Crippen molar-refractivity contribution in [1.82, 2.24) is 4.90 Å². The van der Waals surface area contributed by atoms with Gasteiger partial charge in [0.2, 0.25) is 0 Å². The summed E-state index contributed by atoms with van der Waals surface area (Å²) in [5.41, 5.74) is 1.19. The van der Waals surface area contributed by atoms with Crippen molar-refractivity contribution in [2.75, 3.05) is 18.5 Å². The van der Waals surface area contributed by atoms with Crippen LogP contribution in [-0.2, 0) is 4.79 Å². The highest BCUT2D eigenvalue weighted by Gasteiger charge is 2.29. The van der Waals surface area contributed by atoms with Gasteiger partial charge in [-0.05, 0) is 39.7 Å². The van der Waals surface area contributed by atoms with Gasteiger partial charge in [-0.15, -0.1) is 0 Å². The van der Waals surface area contributed by atoms with Gasteiger partial charge in [0.05, 0.1) is 11.7 Å². The van der Waals surface area contributed by atoms with Gasteiger partial charge in [0.1, 0.15) is 19.0 Å². The van der Waals surface area contributed by atoms with Crippen LogP contribution in [0.2, 0.25) is 0 Å². The molecule has 0 aliphatic carbocycles. The Hall–Kier alpha value is -2.87. The molecule has 2 aromatic rings. The van der Waals surface area contributed by atoms with Crippen LogP contribution in [0.25, 0.3) is 0 Å². The lowest BCUT2D eigenvalue weighted by atomic mass is 9.97. The van der Waals surface area contributed by atoms with Gasteiger partial charge in [-0.2, -0.15) is 0 Å². The summed E-state index contributed by atoms with van der Waals surface area (Å²) in [6.45, 7) is 0.905. The molecule has 6 nitrogen and oxygen atoms in total. The molecule has 2 aliphatic rings. The van der Waals surface area contributed by atoms with Crippen molar-refractivity contribution in [3.8, 4) is 11.5 Å². The lowest BCUT2D eigenvalue weighted by Crippen LogP contribution is -2.37. The zero-order valence-corrected chi connectivity index (χ0v) is 16.2. The third-order valence-electron chi connectivity index (χ3n) is 4.51. The lowest BCUT2D eigenvalue weighted by Gasteiger charge is -2.31. The van der Waals surface area contributed by atoms with Crippen LogP contribution in [0.5, 0.6) is 11.5 Å². The molecule has 144 valence electrons. The van der Waals surface area contributed by atoms with Gasteiger partial charge < -0.3 is 14.8 Å². The molecule has 0 bridgehead atoms. The topological polar surface area (TPSA) is 67.9 Å². The summed E-state index contributed by atoms with van der Waals surface area (Å²) in [6.07, 6.45) is 2.93. The number of fused-ring (bicyclic) bond motifs is 1. The van der Waals surface area contributed by atoms with Crippen molar-refractivity contribution < 1.29 is 23.5 Å². The van der Waals surface area contributed by atoms with Gasteiger partial charge in [0, 0.05) is 29.2 Å². The number of benzene rings is 2. The monoisotopic (exact) mass is 446 g/mol. The summed E-state index contributed by atoms with van der Waals surface area (Å²) in [4.78, 5) is 26.3. The Labute approximate surface area is 169 Å². The Morgan fingerprint density at radius 3 is 2.54 bits per heavy atom. The number of rotatable bonds is 2. The smallest absolute Gasteiger partial charge is 0.326 e. The Kier molecular flexibility index (Phi) is 5.04. The van der Waals surface area contributed by atoms with Crippen LogP contribution in [0.15, 0.2) is 53.1 Å². The molecule has 0 unspecified atom stereocenters. The first-order valence-corrected chi connectivity index (χ1v) is 9.45. The largest absolute Gasteiger partial charge is 0.486 e. The fourth-order valence-corrected chi connectivity index (χ4v) is 3.56. The molecule has 1 N–H and O–H groups in total. The second kappa shape index (κ2) is 7.63. The van der Waals surface area contributed by atoms with Crippen molar-refractivity contribution in [2.24, 2.45) is 0 Å². The van der Waals surface area contributed by atoms with Crippen LogP contribution in [0, 0.1) is 5.82 Å². The van der Waals surface area contributed by atoms with Crippen molar-refractivity contribution in [3.63, 3.8) is 0 Å². The molecule has 0 aromatic heterocycles. The predicted molar refractivity (Wildman–Crippen MR) is 104 cm³/mol. The lowest BCUT2D eigenvalue weighted by molar-refractivity contribution is -0.116. The van der Waals surface area contributed by atoms with Gasteiger partial charge in [-0.1, -0.05) is 12.1 Å². The number of nitrogens with zero attached hydrogens (tertiary/aromatic N) is 1. The van der Waals surface area contributed by atoms with Gasteiger partial charge >= 0.3 is 6.03 Å². The van der Waals surface area contributed by atoms with Gasteiger partial charge in [-0.3, -0.25) is 9.69 Å². The summed E-state index contributed by atoms with van der Waals surface area (Å²) in [5.74, 6) is 0.671. The maximum absolute atomic E-state index is 13.3. The van der Waals surface area contributed by atoms with Gasteiger partial charge in [-0.25, -0.2) is 9.18 Å². The van der Waals surface area contributed by atoms with Crippen LogP contribution in [0.4, 0.5) is 14.9 Å². The highest BCUT2D eigenvalue weighted by Crippen LogP contribution is 2.38. The van der Waals surface area contributed by atoms with E-state index < -0.39 is 12.1 Å². The van der Waals surface area contributed by atoms with E-state index in [1.165, 1.54) is 29.3 Å². The minimum Gasteiger partial charge on any atom is -0.486 e. The Balaban J connectivity index is 1.60. The van der Waals surface area contributed by atoms with E-state index in [9.17, 15) is 14.0 Å². The maximum Gasteiger partial charge on any atom is 0.326 e. The van der Waals surface area contributed by atoms with Crippen molar-refractivity contribution in [1.29, 1.82) is 0 Å². The molecular formula is C20H16BrFN2O4. The van der Waals surface area contributed by atoms with Crippen LogP contribution >= 0.6 is 15.9 Å². The third-order valence-corrected chi connectivity index (χ3v) is 5.17. The molecule has 0 spiro atoms. The van der Waals surface area contributed by atoms with Crippen molar-refractivity contribution in [3.05, 3.63) is 64.5 Å². The van der Waals surface area contributed by atoms with E-state index in [0.29, 0.717) is 40.4 Å². The fraction of sp³-hybridized carbons (Fsp3) is 0.200. The van der Waals surface area contributed by atoms with Crippen LogP contribution < -0.4 is 14.8 Å². The molecule has 2 amide bonds. The van der Waals surface area contributed by atoms with E-state index in [-0.39, 0.29) is 18.0 Å². The second-order valence-corrected chi connectivity index (χ2v) is 7.22. The number of hydrogen-bond donors (Lipinski definition) is 1. The Morgan fingerprint density at radius 2 is 1.82 bits per heavy atom. The number of carbonyl (C=O) groups excluding carboxylic acids is 2. The van der Waals surface area contributed by atoms with E-state index >= 15 is 0 Å². The predicted octanol–water partition coefficient (Wildman–Crippen LogP) is 4.42. The normalized spacial score (nSPS) is 18.1. The third kappa shape index (κ3) is 3.73. The molecule has 2 aliphatic heterocycles. The summed E-state index contributed by atoms with van der Waals surface area (Å²) >= 11 is 3.42. The number of amides is 2. The van der Waals surface area contributed by atoms with E-state index in [1.54, 1.807) is 24.3 Å². The minimum absolute atomic E-state index is 0.0983. The SMILES string of the molecule is O=C1C=CN(C(=O)Nc2cc3c(cc2Br)OCCO3)[C@H](c2ccc(F)cc2)C1. The number of ketones is 1. The average molecular weight is 447 g/mol. The number of ether oxygens (including phenoxy) is 2. The number of nitrogens with one attached hydrogen (secondary N) is 1. The second-order valence-electron chi connectivity index (χ2n) is 6.37. The molecular weight excluding hydrogens is 431 g/mol. The van der Waals surface area contributed by atoms with Crippen molar-refractivity contribution in [2.45, 2.75) is 12.5 Å². The Bertz CT molecular complexity index is 961. The molecule has 2 heterocycles. The quantitative estimate of drug-likeness (QED) is 0.740. The molecule has 1 atom stereocenters. The number of hydrogen-bond acceptors (Lipinski definition) is 4. The number of anilines is 1. The first-order valence-electron chi connectivity index (χ1n) is 8.66. The van der Waals surface area contributed by atoms with Gasteiger partial charge in [0.15, 0.2) is 17.3 Å². The first kappa shape index (κ1) is 18.5. The first-order chi connectivity index (χ1) is 13.5. The zero-order chi connectivity index (χ0) is 19.7. The fourth-order valence-electron chi connectivity index (χ4n) is 3.14. The number of allylic oxidation sites excluding steroid dienone is 1. The Morgan fingerprint density at radius 1 is 1.14 bits per heavy atom. The minimum atomic E-state index is -0.519. The zero-order valence-electron chi connectivity index (χ0n) is 14.7. The molecule has 0 saturated carbocycles. The van der Waals surface area contributed by atoms with E-state index in [1.807, 2.05) is 0 Å². The van der Waals surface area contributed by atoms with Crippen LogP contribution in [-0.4, -0.2) is 29.9 Å². The molecule has 28 heavy (non-hydrogen) atoms. The standard InChI is InChI=1S/C20H16BrFN2O4/c21-15-10-18-19(28-8-7-27-18)11-16(15)23-20(26)24-6-5-14(25)9-17(24)12-1-3-13(22)4-2-12/h1-6,10-11,17H,7-9H2,(H,23,26)/t17-/m0/s1. The van der Waals surface area contributed by atoms with E-state index in [2.05, 4.69) is 21.2 Å². The highest BCUT2D eigenvalue weighted by atomic mass is 79.9. The van der Waals surface area contributed by atoms with Gasteiger partial charge in [0.25, 0.3) is 0 Å². The highest BCUT2D eigenvalue weighted by molar-refractivity contribution is 9.10. The molecule has 8 heteroatoms. The van der Waals surface area contributed by atoms with E-state index in [4.69, 9.17) is 9.47 Å². The van der Waals surface area contributed by atoms with Crippen LogP contribution in [0.3, 0.4) is 0 Å². The van der Waals surface area contributed by atoms with E-state index in [0.717, 1.165) is 0 Å². The molecule has 2 aromatic carbocycles. The van der Waals surface area contributed by atoms with Crippen molar-refractivity contribution >= 4 is 33.4 Å². The van der Waals surface area contributed by atoms with Crippen LogP contribution in [0.1, 0.15) is 18.0 Å². The molecule has 4 rings (SSSR count). The number of urea groups is 1. The summed E-state index contributed by atoms with van der Waals surface area (Å²) in [5, 5.41) is 2.82. The summed E-state index contributed by atoms with van der Waals surface area (Å²) < 4.78 is 25.0. The summed E-state index contributed by atoms with van der Waals surface area (Å²) in [7, 11) is 0. The number of halogens is 2. The maximum atomic E-state index is 13.3. The average Bonchev–Trinajstić information content (AvgIpc) is 2.69. The molecule has 0 fully saturated rings.